The van der Waals surface area contributed by atoms with Crippen LogP contribution in [0.15, 0.2) is 36.0 Å². The zero-order valence-corrected chi connectivity index (χ0v) is 17.3. The Morgan fingerprint density at radius 3 is 2.85 bits per heavy atom. The summed E-state index contributed by atoms with van der Waals surface area (Å²) >= 11 is 7.05. The molecule has 1 N–H and O–H groups in total. The van der Waals surface area contributed by atoms with E-state index in [0.717, 1.165) is 28.1 Å². The lowest BCUT2D eigenvalue weighted by Crippen LogP contribution is -2.20. The first-order valence-corrected chi connectivity index (χ1v) is 9.52. The monoisotopic (exact) mass is 419 g/mol. The molecule has 1 amide bonds. The van der Waals surface area contributed by atoms with Gasteiger partial charge in [0.25, 0.3) is 0 Å². The van der Waals surface area contributed by atoms with Crippen LogP contribution >= 0.6 is 35.3 Å². The van der Waals surface area contributed by atoms with Crippen LogP contribution in [0.3, 0.4) is 0 Å². The fourth-order valence-corrected chi connectivity index (χ4v) is 4.36. The van der Waals surface area contributed by atoms with Gasteiger partial charge >= 0.3 is 0 Å². The average molecular weight is 420 g/mol. The number of pyridine rings is 1. The molecule has 0 aromatic carbocycles. The van der Waals surface area contributed by atoms with E-state index in [2.05, 4.69) is 30.2 Å². The molecule has 0 unspecified atom stereocenters. The molecule has 0 spiro atoms. The molecule has 0 saturated heterocycles. The largest absolute Gasteiger partial charge is 0.316 e. The van der Waals surface area contributed by atoms with E-state index in [9.17, 15) is 10.1 Å². The van der Waals surface area contributed by atoms with E-state index < -0.39 is 0 Å². The molecule has 2 aromatic rings. The smallest absolute Gasteiger partial charge is 0.239 e. The molecular weight excluding hydrogens is 401 g/mol. The Hall–Kier alpha value is -2.13. The molecule has 2 heterocycles. The molecule has 0 saturated carbocycles. The van der Waals surface area contributed by atoms with Crippen LogP contribution in [0.25, 0.3) is 12.2 Å². The van der Waals surface area contributed by atoms with Crippen LogP contribution in [0, 0.1) is 11.3 Å². The summed E-state index contributed by atoms with van der Waals surface area (Å²) in [6, 6.07) is 8.01. The second-order valence-corrected chi connectivity index (χ2v) is 8.00. The van der Waals surface area contributed by atoms with E-state index in [1.165, 1.54) is 11.3 Å². The highest BCUT2D eigenvalue weighted by Gasteiger charge is 2.33. The quantitative estimate of drug-likeness (QED) is 0.675. The van der Waals surface area contributed by atoms with Crippen LogP contribution in [-0.2, 0) is 10.2 Å². The van der Waals surface area contributed by atoms with Gasteiger partial charge in [0.15, 0.2) is 0 Å². The maximum absolute atomic E-state index is 11.7. The van der Waals surface area contributed by atoms with Gasteiger partial charge in [-0.05, 0) is 36.3 Å². The van der Waals surface area contributed by atoms with Gasteiger partial charge in [0.05, 0.1) is 11.3 Å². The standard InChI is InChI=1S/C20H18ClN3OS.ClH/c1-20(2)10-13(6-7-14-5-3-4-8-23-14)9-15-16(12-22)19(26-18(15)20)24-17(25)11-21;/h3-9H,10-11H2,1-2H3,(H,24,25);1H/b7-6+;. The first kappa shape index (κ1) is 21.2. The van der Waals surface area contributed by atoms with E-state index >= 15 is 0 Å². The summed E-state index contributed by atoms with van der Waals surface area (Å²) in [5, 5.41) is 12.9. The lowest BCUT2D eigenvalue weighted by Gasteiger charge is -2.29. The molecule has 2 aromatic heterocycles. The van der Waals surface area contributed by atoms with E-state index in [4.69, 9.17) is 11.6 Å². The number of nitrogens with zero attached hydrogens (tertiary/aromatic N) is 2. The number of carbonyl (C=O) groups is 1. The van der Waals surface area contributed by atoms with Gasteiger partial charge in [0.1, 0.15) is 17.0 Å². The number of rotatable bonds is 4. The number of alkyl halides is 1. The Bertz CT molecular complexity index is 940. The predicted octanol–water partition coefficient (Wildman–Crippen LogP) is 5.39. The zero-order chi connectivity index (χ0) is 18.7. The molecule has 0 atom stereocenters. The van der Waals surface area contributed by atoms with Crippen molar-refractivity contribution in [3.8, 4) is 6.07 Å². The molecule has 4 nitrogen and oxygen atoms in total. The van der Waals surface area contributed by atoms with Crippen LogP contribution in [0.5, 0.6) is 0 Å². The Kier molecular flexibility index (Phi) is 6.83. The molecule has 1 aliphatic carbocycles. The van der Waals surface area contributed by atoms with Crippen molar-refractivity contribution in [2.75, 3.05) is 11.2 Å². The molecule has 7 heteroatoms. The summed E-state index contributed by atoms with van der Waals surface area (Å²) in [5.74, 6) is -0.441. The Labute approximate surface area is 174 Å². The highest BCUT2D eigenvalue weighted by Crippen LogP contribution is 2.47. The number of nitrogens with one attached hydrogen (secondary N) is 1. The van der Waals surface area contributed by atoms with Crippen LogP contribution < -0.4 is 5.32 Å². The van der Waals surface area contributed by atoms with Gasteiger partial charge in [-0.2, -0.15) is 5.26 Å². The Morgan fingerprint density at radius 1 is 1.44 bits per heavy atom. The van der Waals surface area contributed by atoms with Crippen molar-refractivity contribution < 1.29 is 4.79 Å². The number of thiophene rings is 1. The van der Waals surface area contributed by atoms with E-state index in [-0.39, 0.29) is 29.6 Å². The minimum atomic E-state index is -0.307. The van der Waals surface area contributed by atoms with Gasteiger partial charge in [-0.15, -0.1) is 35.3 Å². The van der Waals surface area contributed by atoms with Crippen molar-refractivity contribution in [1.82, 2.24) is 4.98 Å². The summed E-state index contributed by atoms with van der Waals surface area (Å²) < 4.78 is 0. The number of halogens is 2. The third-order valence-corrected chi connectivity index (χ3v) is 5.91. The first-order valence-electron chi connectivity index (χ1n) is 8.17. The molecular formula is C20H19Cl2N3OS. The minimum absolute atomic E-state index is 0. The molecule has 0 bridgehead atoms. The van der Waals surface area contributed by atoms with Gasteiger partial charge < -0.3 is 5.32 Å². The van der Waals surface area contributed by atoms with Crippen molar-refractivity contribution in [2.24, 2.45) is 0 Å². The van der Waals surface area contributed by atoms with Gasteiger partial charge in [-0.25, -0.2) is 0 Å². The number of aromatic nitrogens is 1. The minimum Gasteiger partial charge on any atom is -0.316 e. The maximum atomic E-state index is 11.7. The van der Waals surface area contributed by atoms with Crippen LogP contribution in [0.1, 0.15) is 42.0 Å². The van der Waals surface area contributed by atoms with E-state index in [1.54, 1.807) is 6.20 Å². The van der Waals surface area contributed by atoms with E-state index in [0.29, 0.717) is 10.6 Å². The number of anilines is 1. The summed E-state index contributed by atoms with van der Waals surface area (Å²) in [6.45, 7) is 4.30. The van der Waals surface area contributed by atoms with Crippen molar-refractivity contribution in [2.45, 2.75) is 25.7 Å². The molecule has 0 fully saturated rings. The molecule has 0 aliphatic heterocycles. The van der Waals surface area contributed by atoms with Crippen molar-refractivity contribution in [1.29, 1.82) is 5.26 Å². The zero-order valence-electron chi connectivity index (χ0n) is 15.0. The second kappa shape index (κ2) is 8.71. The second-order valence-electron chi connectivity index (χ2n) is 6.71. The molecule has 1 aliphatic rings. The number of carbonyl (C=O) groups excluding carboxylic acids is 1. The number of allylic oxidation sites excluding steroid dienone is 2. The van der Waals surface area contributed by atoms with Crippen LogP contribution in [0.2, 0.25) is 0 Å². The molecule has 140 valence electrons. The predicted molar refractivity (Wildman–Crippen MR) is 115 cm³/mol. The Morgan fingerprint density at radius 2 is 2.22 bits per heavy atom. The summed E-state index contributed by atoms with van der Waals surface area (Å²) in [6.07, 6.45) is 8.66. The highest BCUT2D eigenvalue weighted by atomic mass is 35.5. The van der Waals surface area contributed by atoms with Gasteiger partial charge in [0, 0.05) is 22.1 Å². The summed E-state index contributed by atoms with van der Waals surface area (Å²) in [4.78, 5) is 17.1. The third kappa shape index (κ3) is 4.59. The molecule has 3 rings (SSSR count). The van der Waals surface area contributed by atoms with Gasteiger partial charge in [-0.3, -0.25) is 9.78 Å². The number of hydrogen-bond acceptors (Lipinski definition) is 4. The van der Waals surface area contributed by atoms with Gasteiger partial charge in [0.2, 0.25) is 5.91 Å². The highest BCUT2D eigenvalue weighted by molar-refractivity contribution is 7.17. The van der Waals surface area contributed by atoms with E-state index in [1.807, 2.05) is 36.4 Å². The topological polar surface area (TPSA) is 65.8 Å². The van der Waals surface area contributed by atoms with Crippen LogP contribution in [-0.4, -0.2) is 16.8 Å². The number of nitriles is 1. The average Bonchev–Trinajstić information content (AvgIpc) is 2.98. The third-order valence-electron chi connectivity index (χ3n) is 4.18. The SMILES string of the molecule is CC1(C)CC(/C=C/c2ccccn2)=Cc2c1sc(NC(=O)CCl)c2C#N.Cl. The lowest BCUT2D eigenvalue weighted by molar-refractivity contribution is -0.113. The fourth-order valence-electron chi connectivity index (χ4n) is 3.04. The maximum Gasteiger partial charge on any atom is 0.239 e. The van der Waals surface area contributed by atoms with Gasteiger partial charge in [-0.1, -0.05) is 26.0 Å². The number of amides is 1. The molecule has 27 heavy (non-hydrogen) atoms. The number of hydrogen-bond donors (Lipinski definition) is 1. The van der Waals surface area contributed by atoms with Crippen molar-refractivity contribution in [3.63, 3.8) is 0 Å². The summed E-state index contributed by atoms with van der Waals surface area (Å²) in [7, 11) is 0. The molecule has 0 radical (unpaired) electrons. The van der Waals surface area contributed by atoms with Crippen molar-refractivity contribution in [3.05, 3.63) is 57.7 Å². The first-order chi connectivity index (χ1) is 12.4. The van der Waals surface area contributed by atoms with Crippen LogP contribution in [0.4, 0.5) is 5.00 Å². The number of fused-ring (bicyclic) bond motifs is 1. The van der Waals surface area contributed by atoms with Crippen molar-refractivity contribution >= 4 is 58.4 Å². The summed E-state index contributed by atoms with van der Waals surface area (Å²) in [5.41, 5.74) is 3.27. The lowest BCUT2D eigenvalue weighted by atomic mass is 9.77. The Balaban J connectivity index is 0.00000261. The fraction of sp³-hybridized carbons (Fsp3) is 0.250. The normalized spacial score (nSPS) is 14.7.